The summed E-state index contributed by atoms with van der Waals surface area (Å²) in [6, 6.07) is 4.45. The van der Waals surface area contributed by atoms with Gasteiger partial charge >= 0.3 is 5.97 Å². The van der Waals surface area contributed by atoms with Crippen LogP contribution in [0.1, 0.15) is 22.3 Å². The number of aromatic hydroxyl groups is 1. The Labute approximate surface area is 93.2 Å². The van der Waals surface area contributed by atoms with Crippen LogP contribution in [-0.2, 0) is 9.53 Å². The number of benzene rings is 1. The first-order chi connectivity index (χ1) is 7.67. The lowest BCUT2D eigenvalue weighted by atomic mass is 10.1. The molecule has 4 heteroatoms. The van der Waals surface area contributed by atoms with E-state index in [1.165, 1.54) is 19.2 Å². The standard InChI is InChI=1S/C12H12O4/c1-16-12(15)4-2-3-9-5-6-11(14)7-10(9)8-13/h2-3,5-8,14H,4H2,1H3. The number of phenolic OH excluding ortho intramolecular Hbond substituents is 1. The minimum Gasteiger partial charge on any atom is -0.508 e. The molecule has 0 amide bonds. The van der Waals surface area contributed by atoms with Crippen LogP contribution in [0, 0.1) is 0 Å². The van der Waals surface area contributed by atoms with Crippen LogP contribution in [0.25, 0.3) is 6.08 Å². The van der Waals surface area contributed by atoms with Gasteiger partial charge in [-0.2, -0.15) is 0 Å². The van der Waals surface area contributed by atoms with E-state index in [9.17, 15) is 9.59 Å². The van der Waals surface area contributed by atoms with E-state index in [0.29, 0.717) is 17.4 Å². The summed E-state index contributed by atoms with van der Waals surface area (Å²) in [5, 5.41) is 9.16. The predicted molar refractivity (Wildman–Crippen MR) is 59.2 cm³/mol. The lowest BCUT2D eigenvalue weighted by molar-refractivity contribution is -0.139. The highest BCUT2D eigenvalue weighted by Gasteiger charge is 2.00. The molecule has 84 valence electrons. The molecule has 0 aliphatic heterocycles. The molecule has 0 unspecified atom stereocenters. The fourth-order valence-corrected chi connectivity index (χ4v) is 1.18. The van der Waals surface area contributed by atoms with Gasteiger partial charge in [0.2, 0.25) is 0 Å². The molecule has 0 bridgehead atoms. The molecular formula is C12H12O4. The lowest BCUT2D eigenvalue weighted by Crippen LogP contribution is -1.96. The summed E-state index contributed by atoms with van der Waals surface area (Å²) in [5.41, 5.74) is 1.03. The van der Waals surface area contributed by atoms with E-state index in [4.69, 9.17) is 5.11 Å². The fraction of sp³-hybridized carbons (Fsp3) is 0.167. The van der Waals surface area contributed by atoms with Crippen LogP contribution in [0.2, 0.25) is 0 Å². The molecule has 0 aliphatic rings. The highest BCUT2D eigenvalue weighted by atomic mass is 16.5. The highest BCUT2D eigenvalue weighted by molar-refractivity contribution is 5.83. The van der Waals surface area contributed by atoms with Crippen molar-refractivity contribution < 1.29 is 19.4 Å². The number of methoxy groups -OCH3 is 1. The summed E-state index contributed by atoms with van der Waals surface area (Å²) in [6.45, 7) is 0. The van der Waals surface area contributed by atoms with E-state index in [1.807, 2.05) is 0 Å². The Hall–Kier alpha value is -2.10. The van der Waals surface area contributed by atoms with Crippen molar-refractivity contribution in [3.63, 3.8) is 0 Å². The maximum absolute atomic E-state index is 10.8. The molecule has 0 aliphatic carbocycles. The number of aldehydes is 1. The molecule has 0 heterocycles. The van der Waals surface area contributed by atoms with Crippen LogP contribution < -0.4 is 0 Å². The Bertz CT molecular complexity index is 421. The van der Waals surface area contributed by atoms with Crippen LogP contribution >= 0.6 is 0 Å². The van der Waals surface area contributed by atoms with E-state index >= 15 is 0 Å². The summed E-state index contributed by atoms with van der Waals surface area (Å²) < 4.78 is 4.46. The number of ether oxygens (including phenoxy) is 1. The second-order valence-corrected chi connectivity index (χ2v) is 3.11. The Morgan fingerprint density at radius 3 is 2.81 bits per heavy atom. The number of phenols is 1. The fourth-order valence-electron chi connectivity index (χ4n) is 1.18. The average Bonchev–Trinajstić information content (AvgIpc) is 2.30. The van der Waals surface area contributed by atoms with E-state index in [1.54, 1.807) is 18.2 Å². The number of hydrogen-bond acceptors (Lipinski definition) is 4. The molecule has 0 spiro atoms. The molecular weight excluding hydrogens is 208 g/mol. The van der Waals surface area contributed by atoms with E-state index < -0.39 is 0 Å². The molecule has 1 aromatic rings. The first-order valence-electron chi connectivity index (χ1n) is 4.69. The first-order valence-corrected chi connectivity index (χ1v) is 4.69. The second-order valence-electron chi connectivity index (χ2n) is 3.11. The van der Waals surface area contributed by atoms with Gasteiger partial charge in [0.1, 0.15) is 5.75 Å². The molecule has 16 heavy (non-hydrogen) atoms. The summed E-state index contributed by atoms with van der Waals surface area (Å²) in [4.78, 5) is 21.5. The van der Waals surface area contributed by atoms with Gasteiger partial charge in [-0.05, 0) is 17.7 Å². The molecule has 1 rings (SSSR count). The Balaban J connectivity index is 2.80. The maximum atomic E-state index is 10.8. The first kappa shape index (κ1) is 12.0. The number of hydrogen-bond donors (Lipinski definition) is 1. The van der Waals surface area contributed by atoms with Gasteiger partial charge in [-0.15, -0.1) is 0 Å². The molecule has 1 N–H and O–H groups in total. The van der Waals surface area contributed by atoms with Crippen molar-refractivity contribution in [2.24, 2.45) is 0 Å². The summed E-state index contributed by atoms with van der Waals surface area (Å²) in [5.74, 6) is -0.310. The number of carbonyl (C=O) groups excluding carboxylic acids is 2. The monoisotopic (exact) mass is 220 g/mol. The normalized spacial score (nSPS) is 10.3. The van der Waals surface area contributed by atoms with Crippen molar-refractivity contribution in [3.05, 3.63) is 35.4 Å². The van der Waals surface area contributed by atoms with E-state index in [2.05, 4.69) is 4.74 Å². The predicted octanol–water partition coefficient (Wildman–Crippen LogP) is 1.78. The van der Waals surface area contributed by atoms with Crippen LogP contribution in [0.3, 0.4) is 0 Å². The Morgan fingerprint density at radius 2 is 2.19 bits per heavy atom. The third-order valence-corrected chi connectivity index (χ3v) is 2.01. The third-order valence-electron chi connectivity index (χ3n) is 2.01. The lowest BCUT2D eigenvalue weighted by Gasteiger charge is -1.99. The largest absolute Gasteiger partial charge is 0.508 e. The topological polar surface area (TPSA) is 63.6 Å². The zero-order valence-electron chi connectivity index (χ0n) is 8.84. The zero-order chi connectivity index (χ0) is 12.0. The van der Waals surface area contributed by atoms with Crippen molar-refractivity contribution >= 4 is 18.3 Å². The van der Waals surface area contributed by atoms with Gasteiger partial charge in [0.25, 0.3) is 0 Å². The molecule has 1 aromatic carbocycles. The average molecular weight is 220 g/mol. The molecule has 0 fully saturated rings. The van der Waals surface area contributed by atoms with Crippen molar-refractivity contribution in [1.29, 1.82) is 0 Å². The van der Waals surface area contributed by atoms with Gasteiger partial charge in [0.05, 0.1) is 13.5 Å². The zero-order valence-corrected chi connectivity index (χ0v) is 8.84. The van der Waals surface area contributed by atoms with Crippen LogP contribution in [-0.4, -0.2) is 24.5 Å². The Morgan fingerprint density at radius 1 is 1.44 bits per heavy atom. The third kappa shape index (κ3) is 3.24. The van der Waals surface area contributed by atoms with E-state index in [-0.39, 0.29) is 18.1 Å². The number of esters is 1. The SMILES string of the molecule is COC(=O)CC=Cc1ccc(O)cc1C=O. The molecule has 0 radical (unpaired) electrons. The van der Waals surface area contributed by atoms with Gasteiger partial charge in [0.15, 0.2) is 6.29 Å². The second kappa shape index (κ2) is 5.70. The van der Waals surface area contributed by atoms with Gasteiger partial charge in [-0.3, -0.25) is 9.59 Å². The quantitative estimate of drug-likeness (QED) is 0.620. The smallest absolute Gasteiger partial charge is 0.309 e. The minimum absolute atomic E-state index is 0.0345. The van der Waals surface area contributed by atoms with Crippen LogP contribution in [0.4, 0.5) is 0 Å². The molecule has 4 nitrogen and oxygen atoms in total. The van der Waals surface area contributed by atoms with Crippen molar-refractivity contribution in [2.45, 2.75) is 6.42 Å². The van der Waals surface area contributed by atoms with Gasteiger partial charge in [-0.25, -0.2) is 0 Å². The summed E-state index contributed by atoms with van der Waals surface area (Å²) >= 11 is 0. The van der Waals surface area contributed by atoms with Crippen LogP contribution in [0.5, 0.6) is 5.75 Å². The van der Waals surface area contributed by atoms with Crippen LogP contribution in [0.15, 0.2) is 24.3 Å². The summed E-state index contributed by atoms with van der Waals surface area (Å²) in [7, 11) is 1.31. The molecule has 0 saturated heterocycles. The number of rotatable bonds is 4. The van der Waals surface area contributed by atoms with Gasteiger partial charge in [0, 0.05) is 5.56 Å². The Kier molecular flexibility index (Phi) is 4.27. The molecule has 0 atom stereocenters. The number of carbonyl (C=O) groups is 2. The highest BCUT2D eigenvalue weighted by Crippen LogP contribution is 2.16. The minimum atomic E-state index is -0.345. The van der Waals surface area contributed by atoms with E-state index in [0.717, 1.165) is 0 Å². The van der Waals surface area contributed by atoms with Crippen molar-refractivity contribution in [2.75, 3.05) is 7.11 Å². The van der Waals surface area contributed by atoms with Gasteiger partial charge < -0.3 is 9.84 Å². The summed E-state index contributed by atoms with van der Waals surface area (Å²) in [6.07, 6.45) is 4.04. The molecule has 0 aromatic heterocycles. The maximum Gasteiger partial charge on any atom is 0.309 e. The van der Waals surface area contributed by atoms with Gasteiger partial charge in [-0.1, -0.05) is 18.2 Å². The van der Waals surface area contributed by atoms with Crippen molar-refractivity contribution in [3.8, 4) is 5.75 Å². The molecule has 0 saturated carbocycles. The van der Waals surface area contributed by atoms with Crippen molar-refractivity contribution in [1.82, 2.24) is 0 Å².